The van der Waals surface area contributed by atoms with Crippen molar-refractivity contribution < 1.29 is 14.7 Å². The molecule has 0 saturated carbocycles. The maximum atomic E-state index is 13.3. The van der Waals surface area contributed by atoms with E-state index in [1.54, 1.807) is 23.5 Å². The molecule has 2 aliphatic rings. The lowest BCUT2D eigenvalue weighted by molar-refractivity contribution is -0.134. The van der Waals surface area contributed by atoms with E-state index in [4.69, 9.17) is 10.1 Å². The number of piperazine rings is 1. The number of aromatic carboxylic acids is 1. The van der Waals surface area contributed by atoms with Gasteiger partial charge in [-0.25, -0.2) is 14.8 Å². The fraction of sp³-hybridized carbons (Fsp3) is 0.385. The molecule has 0 aliphatic carbocycles. The molecule has 2 aromatic heterocycles. The summed E-state index contributed by atoms with van der Waals surface area (Å²) in [5, 5.41) is 10.1. The van der Waals surface area contributed by atoms with Crippen LogP contribution < -0.4 is 4.90 Å². The Labute approximate surface area is 208 Å². The van der Waals surface area contributed by atoms with E-state index in [-0.39, 0.29) is 23.6 Å². The van der Waals surface area contributed by atoms with Crippen LogP contribution in [0.4, 0.5) is 5.82 Å². The maximum Gasteiger partial charge on any atom is 0.337 e. The Hall–Kier alpha value is -3.30. The van der Waals surface area contributed by atoms with Crippen LogP contribution >= 0.6 is 11.3 Å². The van der Waals surface area contributed by atoms with Crippen LogP contribution in [0.1, 0.15) is 34.8 Å². The summed E-state index contributed by atoms with van der Waals surface area (Å²) in [6.45, 7) is 7.44. The number of pyridine rings is 1. The van der Waals surface area contributed by atoms with Crippen LogP contribution in [-0.2, 0) is 17.8 Å². The van der Waals surface area contributed by atoms with Crippen LogP contribution in [0.15, 0.2) is 48.7 Å². The minimum absolute atomic E-state index is 0.154. The van der Waals surface area contributed by atoms with Gasteiger partial charge in [-0.05, 0) is 26.0 Å². The Morgan fingerprint density at radius 2 is 1.83 bits per heavy atom. The predicted octanol–water partition coefficient (Wildman–Crippen LogP) is 3.39. The highest BCUT2D eigenvalue weighted by atomic mass is 32.1. The second kappa shape index (κ2) is 9.75. The molecule has 0 radical (unpaired) electrons. The number of amides is 1. The summed E-state index contributed by atoms with van der Waals surface area (Å²) in [4.78, 5) is 41.1. The predicted molar refractivity (Wildman–Crippen MR) is 136 cm³/mol. The first-order valence-corrected chi connectivity index (χ1v) is 12.7. The SMILES string of the molecule is C[C@@H]1CN(c2ccc(C(=O)O)cn2)C[C@H](C)N1CC(=O)N1CCc2nc(-c3ccccc3)sc2C1. The molecular weight excluding hydrogens is 462 g/mol. The van der Waals surface area contributed by atoms with Gasteiger partial charge in [-0.3, -0.25) is 9.69 Å². The van der Waals surface area contributed by atoms with Crippen molar-refractivity contribution in [3.63, 3.8) is 0 Å². The van der Waals surface area contributed by atoms with Gasteiger partial charge in [0, 0.05) is 54.8 Å². The third-order valence-electron chi connectivity index (χ3n) is 6.84. The van der Waals surface area contributed by atoms with Crippen LogP contribution in [0, 0.1) is 0 Å². The van der Waals surface area contributed by atoms with Gasteiger partial charge in [0.15, 0.2) is 0 Å². The quantitative estimate of drug-likeness (QED) is 0.585. The number of carbonyl (C=O) groups is 2. The molecule has 0 bridgehead atoms. The number of nitrogens with zero attached hydrogens (tertiary/aromatic N) is 5. The number of hydrogen-bond donors (Lipinski definition) is 1. The van der Waals surface area contributed by atoms with Crippen LogP contribution in [0.3, 0.4) is 0 Å². The summed E-state index contributed by atoms with van der Waals surface area (Å²) in [7, 11) is 0. The Morgan fingerprint density at radius 3 is 2.49 bits per heavy atom. The number of benzene rings is 1. The Balaban J connectivity index is 1.21. The van der Waals surface area contributed by atoms with Crippen molar-refractivity contribution in [2.45, 2.75) is 38.9 Å². The number of rotatable bonds is 5. The van der Waals surface area contributed by atoms with Crippen molar-refractivity contribution >= 4 is 29.0 Å². The summed E-state index contributed by atoms with van der Waals surface area (Å²) >= 11 is 1.69. The molecule has 5 rings (SSSR count). The molecule has 0 spiro atoms. The van der Waals surface area contributed by atoms with Gasteiger partial charge in [-0.1, -0.05) is 30.3 Å². The second-order valence-electron chi connectivity index (χ2n) is 9.31. The van der Waals surface area contributed by atoms with Gasteiger partial charge in [0.25, 0.3) is 0 Å². The summed E-state index contributed by atoms with van der Waals surface area (Å²) < 4.78 is 0. The van der Waals surface area contributed by atoms with Crippen molar-refractivity contribution in [2.75, 3.05) is 31.1 Å². The van der Waals surface area contributed by atoms with Gasteiger partial charge >= 0.3 is 5.97 Å². The Bertz CT molecular complexity index is 1200. The van der Waals surface area contributed by atoms with Crippen LogP contribution in [-0.4, -0.2) is 75.0 Å². The average Bonchev–Trinajstić information content (AvgIpc) is 3.30. The molecular formula is C26H29N5O3S. The molecule has 1 aromatic carbocycles. The number of carboxylic acid groups (broad SMARTS) is 1. The number of thiazole rings is 1. The highest BCUT2D eigenvalue weighted by molar-refractivity contribution is 7.15. The molecule has 9 heteroatoms. The van der Waals surface area contributed by atoms with Crippen LogP contribution in [0.5, 0.6) is 0 Å². The van der Waals surface area contributed by atoms with Gasteiger partial charge < -0.3 is 14.9 Å². The van der Waals surface area contributed by atoms with E-state index in [0.717, 1.165) is 41.6 Å². The minimum atomic E-state index is -0.978. The zero-order valence-corrected chi connectivity index (χ0v) is 20.7. The van der Waals surface area contributed by atoms with E-state index in [9.17, 15) is 9.59 Å². The molecule has 0 unspecified atom stereocenters. The van der Waals surface area contributed by atoms with Crippen molar-refractivity contribution in [1.29, 1.82) is 0 Å². The third kappa shape index (κ3) is 4.92. The van der Waals surface area contributed by atoms with E-state index in [0.29, 0.717) is 19.6 Å². The van der Waals surface area contributed by atoms with E-state index < -0.39 is 5.97 Å². The molecule has 1 saturated heterocycles. The van der Waals surface area contributed by atoms with Gasteiger partial charge in [0.1, 0.15) is 10.8 Å². The lowest BCUT2D eigenvalue weighted by Gasteiger charge is -2.45. The summed E-state index contributed by atoms with van der Waals surface area (Å²) in [5.41, 5.74) is 2.42. The lowest BCUT2D eigenvalue weighted by Crippen LogP contribution is -2.59. The van der Waals surface area contributed by atoms with Crippen molar-refractivity contribution in [2.24, 2.45) is 0 Å². The summed E-state index contributed by atoms with van der Waals surface area (Å²) in [5.74, 6) is -0.0578. The zero-order valence-electron chi connectivity index (χ0n) is 19.9. The molecule has 35 heavy (non-hydrogen) atoms. The Kier molecular flexibility index (Phi) is 6.53. The third-order valence-corrected chi connectivity index (χ3v) is 7.97. The second-order valence-corrected chi connectivity index (χ2v) is 10.4. The van der Waals surface area contributed by atoms with Crippen LogP contribution in [0.25, 0.3) is 10.6 Å². The molecule has 4 heterocycles. The lowest BCUT2D eigenvalue weighted by atomic mass is 10.1. The molecule has 1 N–H and O–H groups in total. The number of fused-ring (bicyclic) bond motifs is 1. The highest BCUT2D eigenvalue weighted by Crippen LogP contribution is 2.32. The fourth-order valence-corrected chi connectivity index (χ4v) is 6.05. The normalized spacial score (nSPS) is 20.5. The van der Waals surface area contributed by atoms with E-state index >= 15 is 0 Å². The number of anilines is 1. The van der Waals surface area contributed by atoms with Gasteiger partial charge in [0.2, 0.25) is 5.91 Å². The molecule has 2 atom stereocenters. The minimum Gasteiger partial charge on any atom is -0.478 e. The van der Waals surface area contributed by atoms with Crippen LogP contribution in [0.2, 0.25) is 0 Å². The molecule has 182 valence electrons. The first kappa shape index (κ1) is 23.4. The smallest absolute Gasteiger partial charge is 0.337 e. The number of carbonyl (C=O) groups excluding carboxylic acids is 1. The van der Waals surface area contributed by atoms with E-state index in [1.807, 2.05) is 23.1 Å². The molecule has 8 nitrogen and oxygen atoms in total. The van der Waals surface area contributed by atoms with Gasteiger partial charge in [-0.15, -0.1) is 11.3 Å². The van der Waals surface area contributed by atoms with Crippen molar-refractivity contribution in [3.8, 4) is 10.6 Å². The first-order valence-electron chi connectivity index (χ1n) is 11.9. The average molecular weight is 492 g/mol. The standard InChI is InChI=1S/C26H29N5O3S/c1-17-13-30(23-9-8-20(12-27-23)26(33)34)14-18(2)31(17)16-24(32)29-11-10-21-22(15-29)35-25(28-21)19-6-4-3-5-7-19/h3-9,12,17-18H,10-11,13-16H2,1-2H3,(H,33,34)/t17-,18+. The highest BCUT2D eigenvalue weighted by Gasteiger charge is 2.33. The topological polar surface area (TPSA) is 89.9 Å². The van der Waals surface area contributed by atoms with Gasteiger partial charge in [0.05, 0.1) is 24.3 Å². The van der Waals surface area contributed by atoms with Gasteiger partial charge in [-0.2, -0.15) is 0 Å². The molecule has 1 fully saturated rings. The summed E-state index contributed by atoms with van der Waals surface area (Å²) in [6, 6.07) is 13.9. The maximum absolute atomic E-state index is 13.3. The monoisotopic (exact) mass is 491 g/mol. The Morgan fingerprint density at radius 1 is 1.09 bits per heavy atom. The fourth-order valence-electron chi connectivity index (χ4n) is 4.92. The zero-order chi connectivity index (χ0) is 24.5. The first-order chi connectivity index (χ1) is 16.9. The summed E-state index contributed by atoms with van der Waals surface area (Å²) in [6.07, 6.45) is 2.19. The molecule has 3 aromatic rings. The van der Waals surface area contributed by atoms with E-state index in [1.165, 1.54) is 11.1 Å². The number of carboxylic acids is 1. The largest absolute Gasteiger partial charge is 0.478 e. The molecule has 2 aliphatic heterocycles. The number of aromatic nitrogens is 2. The number of hydrogen-bond acceptors (Lipinski definition) is 7. The van der Waals surface area contributed by atoms with Crippen molar-refractivity contribution in [3.05, 3.63) is 64.8 Å². The molecule has 1 amide bonds. The van der Waals surface area contributed by atoms with E-state index in [2.05, 4.69) is 40.8 Å². The van der Waals surface area contributed by atoms with Crippen molar-refractivity contribution in [1.82, 2.24) is 19.8 Å².